The third-order valence-corrected chi connectivity index (χ3v) is 7.26. The number of fused-ring (bicyclic) bond motifs is 1. The summed E-state index contributed by atoms with van der Waals surface area (Å²) >= 11 is 7.40. The lowest BCUT2D eigenvalue weighted by Crippen LogP contribution is -2.40. The lowest BCUT2D eigenvalue weighted by Gasteiger charge is -2.32. The van der Waals surface area contributed by atoms with Crippen molar-refractivity contribution in [1.29, 1.82) is 0 Å². The number of amides is 1. The minimum atomic E-state index is -0.148. The summed E-state index contributed by atoms with van der Waals surface area (Å²) in [5.74, 6) is 0.932. The highest BCUT2D eigenvalue weighted by atomic mass is 35.5. The summed E-state index contributed by atoms with van der Waals surface area (Å²) in [4.78, 5) is 32.5. The van der Waals surface area contributed by atoms with E-state index in [9.17, 15) is 9.59 Å². The normalized spacial score (nSPS) is 14.7. The zero-order valence-corrected chi connectivity index (χ0v) is 20.3. The van der Waals surface area contributed by atoms with Crippen molar-refractivity contribution in [2.45, 2.75) is 31.0 Å². The van der Waals surface area contributed by atoms with Crippen molar-refractivity contribution in [1.82, 2.24) is 14.5 Å². The number of aromatic nitrogens is 2. The second kappa shape index (κ2) is 11.2. The molecule has 0 saturated carbocycles. The zero-order chi connectivity index (χ0) is 23.2. The van der Waals surface area contributed by atoms with Crippen LogP contribution in [0.3, 0.4) is 0 Å². The number of rotatable bonds is 8. The average Bonchev–Trinajstić information content (AvgIpc) is 2.83. The molecule has 2 heterocycles. The first kappa shape index (κ1) is 23.8. The molecule has 0 unspecified atom stereocenters. The first-order valence-electron chi connectivity index (χ1n) is 11.2. The molecular formula is C25H28ClN3O3S. The van der Waals surface area contributed by atoms with E-state index in [0.29, 0.717) is 40.2 Å². The van der Waals surface area contributed by atoms with Gasteiger partial charge >= 0.3 is 0 Å². The highest BCUT2D eigenvalue weighted by Crippen LogP contribution is 2.24. The van der Waals surface area contributed by atoms with Crippen molar-refractivity contribution in [3.8, 4) is 0 Å². The van der Waals surface area contributed by atoms with Crippen LogP contribution in [0.1, 0.15) is 18.4 Å². The maximum Gasteiger partial charge on any atom is 0.262 e. The largest absolute Gasteiger partial charge is 0.383 e. The summed E-state index contributed by atoms with van der Waals surface area (Å²) < 4.78 is 6.75. The Morgan fingerprint density at radius 1 is 1.18 bits per heavy atom. The monoisotopic (exact) mass is 485 g/mol. The molecule has 1 saturated heterocycles. The highest BCUT2D eigenvalue weighted by Gasteiger charge is 2.23. The Balaban J connectivity index is 1.40. The van der Waals surface area contributed by atoms with E-state index in [-0.39, 0.29) is 17.2 Å². The maximum absolute atomic E-state index is 13.0. The van der Waals surface area contributed by atoms with Crippen molar-refractivity contribution in [3.63, 3.8) is 0 Å². The Hall–Kier alpha value is -2.35. The summed E-state index contributed by atoms with van der Waals surface area (Å²) in [5, 5.41) is 1.54. The number of nitrogens with zero attached hydrogens (tertiary/aromatic N) is 3. The molecule has 1 fully saturated rings. The van der Waals surface area contributed by atoms with Crippen molar-refractivity contribution >= 4 is 40.2 Å². The molecule has 0 radical (unpaired) electrons. The van der Waals surface area contributed by atoms with Crippen LogP contribution in [0.2, 0.25) is 5.02 Å². The number of hydrogen-bond acceptors (Lipinski definition) is 5. The smallest absolute Gasteiger partial charge is 0.262 e. The standard InChI is InChI=1S/C25H28ClN3O3S/c1-32-14-13-29-24(31)21-8-7-20(26)16-22(21)27-25(29)33-17-23(30)28-11-9-19(10-12-28)15-18-5-3-2-4-6-18/h2-8,16,19H,9-15,17H2,1H3. The van der Waals surface area contributed by atoms with Gasteiger partial charge < -0.3 is 9.64 Å². The Kier molecular flexibility index (Phi) is 8.06. The van der Waals surface area contributed by atoms with Gasteiger partial charge in [-0.1, -0.05) is 53.7 Å². The van der Waals surface area contributed by atoms with Crippen LogP contribution in [-0.4, -0.2) is 52.9 Å². The number of thioether (sulfide) groups is 1. The number of likely N-dealkylation sites (tertiary alicyclic amines) is 1. The summed E-state index contributed by atoms with van der Waals surface area (Å²) in [6.45, 7) is 2.31. The van der Waals surface area contributed by atoms with Gasteiger partial charge in [-0.3, -0.25) is 14.2 Å². The number of ether oxygens (including phenoxy) is 1. The van der Waals surface area contributed by atoms with Gasteiger partial charge in [-0.2, -0.15) is 0 Å². The van der Waals surface area contributed by atoms with Gasteiger partial charge in [0, 0.05) is 25.2 Å². The molecule has 0 atom stereocenters. The molecular weight excluding hydrogens is 458 g/mol. The van der Waals surface area contributed by atoms with E-state index in [2.05, 4.69) is 29.2 Å². The molecule has 1 amide bonds. The molecule has 8 heteroatoms. The number of benzene rings is 2. The van der Waals surface area contributed by atoms with E-state index in [1.807, 2.05) is 11.0 Å². The van der Waals surface area contributed by atoms with Crippen molar-refractivity contribution < 1.29 is 9.53 Å². The van der Waals surface area contributed by atoms with Crippen LogP contribution in [0, 0.1) is 5.92 Å². The van der Waals surface area contributed by atoms with E-state index in [0.717, 1.165) is 32.4 Å². The molecule has 2 aromatic carbocycles. The minimum Gasteiger partial charge on any atom is -0.383 e. The summed E-state index contributed by atoms with van der Waals surface area (Å²) in [6.07, 6.45) is 3.08. The van der Waals surface area contributed by atoms with Crippen LogP contribution in [0.25, 0.3) is 10.9 Å². The van der Waals surface area contributed by atoms with E-state index in [4.69, 9.17) is 16.3 Å². The van der Waals surface area contributed by atoms with Crippen LogP contribution in [0.5, 0.6) is 0 Å². The van der Waals surface area contributed by atoms with Crippen LogP contribution in [0.4, 0.5) is 0 Å². The molecule has 6 nitrogen and oxygen atoms in total. The van der Waals surface area contributed by atoms with E-state index >= 15 is 0 Å². The number of halogens is 1. The number of hydrogen-bond donors (Lipinski definition) is 0. The number of methoxy groups -OCH3 is 1. The van der Waals surface area contributed by atoms with E-state index < -0.39 is 0 Å². The van der Waals surface area contributed by atoms with Crippen LogP contribution >= 0.6 is 23.4 Å². The van der Waals surface area contributed by atoms with Crippen LogP contribution < -0.4 is 5.56 Å². The molecule has 3 aromatic rings. The quantitative estimate of drug-likeness (QED) is 0.352. The molecule has 1 aromatic heterocycles. The van der Waals surface area contributed by atoms with Crippen molar-refractivity contribution in [2.24, 2.45) is 5.92 Å². The topological polar surface area (TPSA) is 64.4 Å². The second-order valence-corrected chi connectivity index (χ2v) is 9.69. The number of carbonyl (C=O) groups excluding carboxylic acids is 1. The molecule has 33 heavy (non-hydrogen) atoms. The molecule has 0 N–H and O–H groups in total. The van der Waals surface area contributed by atoms with Crippen molar-refractivity contribution in [3.05, 3.63) is 69.5 Å². The molecule has 1 aliphatic rings. The summed E-state index contributed by atoms with van der Waals surface area (Å²) in [5.41, 5.74) is 1.75. The highest BCUT2D eigenvalue weighted by molar-refractivity contribution is 7.99. The van der Waals surface area contributed by atoms with Gasteiger partial charge in [0.15, 0.2) is 5.16 Å². The van der Waals surface area contributed by atoms with E-state index in [1.165, 1.54) is 17.3 Å². The Bertz CT molecular complexity index is 1160. The van der Waals surface area contributed by atoms with Crippen LogP contribution in [0.15, 0.2) is 58.5 Å². The fraction of sp³-hybridized carbons (Fsp3) is 0.400. The predicted octanol–water partition coefficient (Wildman–Crippen LogP) is 4.27. The van der Waals surface area contributed by atoms with Gasteiger partial charge in [-0.25, -0.2) is 4.98 Å². The van der Waals surface area contributed by atoms with Crippen LogP contribution in [-0.2, 0) is 22.5 Å². The number of piperidine rings is 1. The third kappa shape index (κ3) is 5.96. The lowest BCUT2D eigenvalue weighted by molar-refractivity contribution is -0.129. The van der Waals surface area contributed by atoms with Gasteiger partial charge in [0.2, 0.25) is 5.91 Å². The van der Waals surface area contributed by atoms with Crippen molar-refractivity contribution in [2.75, 3.05) is 32.6 Å². The van der Waals surface area contributed by atoms with Gasteiger partial charge in [-0.15, -0.1) is 0 Å². The van der Waals surface area contributed by atoms with Gasteiger partial charge in [0.25, 0.3) is 5.56 Å². The first-order valence-corrected chi connectivity index (χ1v) is 12.5. The lowest BCUT2D eigenvalue weighted by atomic mass is 9.90. The first-order chi connectivity index (χ1) is 16.0. The van der Waals surface area contributed by atoms with Gasteiger partial charge in [0.05, 0.1) is 29.8 Å². The maximum atomic E-state index is 13.0. The summed E-state index contributed by atoms with van der Waals surface area (Å²) in [6, 6.07) is 15.6. The average molecular weight is 486 g/mol. The summed E-state index contributed by atoms with van der Waals surface area (Å²) in [7, 11) is 1.59. The minimum absolute atomic E-state index is 0.0805. The molecule has 0 aliphatic carbocycles. The molecule has 4 rings (SSSR count). The molecule has 1 aliphatic heterocycles. The Morgan fingerprint density at radius 2 is 1.94 bits per heavy atom. The molecule has 174 valence electrons. The van der Waals surface area contributed by atoms with Gasteiger partial charge in [-0.05, 0) is 48.9 Å². The predicted molar refractivity (Wildman–Crippen MR) is 133 cm³/mol. The zero-order valence-electron chi connectivity index (χ0n) is 18.7. The fourth-order valence-electron chi connectivity index (χ4n) is 4.22. The second-order valence-electron chi connectivity index (χ2n) is 8.31. The molecule has 0 spiro atoms. The fourth-order valence-corrected chi connectivity index (χ4v) is 5.31. The third-order valence-electron chi connectivity index (χ3n) is 6.06. The number of carbonyl (C=O) groups is 1. The Morgan fingerprint density at radius 3 is 2.67 bits per heavy atom. The van der Waals surface area contributed by atoms with E-state index in [1.54, 1.807) is 29.9 Å². The van der Waals surface area contributed by atoms with Gasteiger partial charge in [0.1, 0.15) is 0 Å². The SMILES string of the molecule is COCCn1c(SCC(=O)N2CCC(Cc3ccccc3)CC2)nc2cc(Cl)ccc2c1=O. The molecule has 0 bridgehead atoms. The Labute approximate surface area is 202 Å².